The Morgan fingerprint density at radius 2 is 2.27 bits per heavy atom. The van der Waals surface area contributed by atoms with Gasteiger partial charge >= 0.3 is 5.97 Å². The molecule has 1 atom stereocenters. The van der Waals surface area contributed by atoms with E-state index >= 15 is 0 Å². The molecule has 0 spiro atoms. The highest BCUT2D eigenvalue weighted by Gasteiger charge is 2.23. The Balaban J connectivity index is 1.73. The van der Waals surface area contributed by atoms with Crippen molar-refractivity contribution in [3.8, 4) is 0 Å². The van der Waals surface area contributed by atoms with Crippen LogP contribution in [0.1, 0.15) is 34.9 Å². The summed E-state index contributed by atoms with van der Waals surface area (Å²) in [4.78, 5) is 17.2. The van der Waals surface area contributed by atoms with Gasteiger partial charge in [-0.3, -0.25) is 0 Å². The number of hydrogen-bond acceptors (Lipinski definition) is 6. The van der Waals surface area contributed by atoms with Gasteiger partial charge in [0.25, 0.3) is 0 Å². The van der Waals surface area contributed by atoms with Gasteiger partial charge in [-0.15, -0.1) is 5.10 Å². The number of pyridine rings is 1. The third kappa shape index (κ3) is 2.91. The van der Waals surface area contributed by atoms with E-state index in [4.69, 9.17) is 10.2 Å². The molecule has 0 saturated carbocycles. The van der Waals surface area contributed by atoms with Crippen molar-refractivity contribution in [3.05, 3.63) is 35.8 Å². The molecular formula is C14H17N5O3. The average molecular weight is 303 g/mol. The second-order valence-corrected chi connectivity index (χ2v) is 5.30. The highest BCUT2D eigenvalue weighted by molar-refractivity contribution is 5.87. The number of aromatic carboxylic acids is 1. The quantitative estimate of drug-likeness (QED) is 0.856. The van der Waals surface area contributed by atoms with Crippen LogP contribution in [0, 0.1) is 0 Å². The van der Waals surface area contributed by atoms with E-state index in [1.54, 1.807) is 23.0 Å². The van der Waals surface area contributed by atoms with Crippen molar-refractivity contribution in [2.24, 2.45) is 0 Å². The highest BCUT2D eigenvalue weighted by Crippen LogP contribution is 2.24. The summed E-state index contributed by atoms with van der Waals surface area (Å²) in [6.45, 7) is 1.49. The molecule has 2 aromatic heterocycles. The Hall–Kier alpha value is -2.48. The Kier molecular flexibility index (Phi) is 4.01. The normalized spacial score (nSPS) is 18.4. The Labute approximate surface area is 127 Å². The average Bonchev–Trinajstić information content (AvgIpc) is 3.04. The Morgan fingerprint density at radius 1 is 1.41 bits per heavy atom. The van der Waals surface area contributed by atoms with Crippen LogP contribution >= 0.6 is 0 Å². The smallest absolute Gasteiger partial charge is 0.337 e. The summed E-state index contributed by atoms with van der Waals surface area (Å²) in [6, 6.07) is 3.46. The van der Waals surface area contributed by atoms with Crippen LogP contribution in [0.15, 0.2) is 24.5 Å². The molecule has 0 radical (unpaired) electrons. The summed E-state index contributed by atoms with van der Waals surface area (Å²) in [6.07, 6.45) is 5.11. The molecule has 2 aromatic rings. The van der Waals surface area contributed by atoms with Crippen LogP contribution in [0.25, 0.3) is 0 Å². The van der Waals surface area contributed by atoms with Crippen molar-refractivity contribution in [1.82, 2.24) is 20.0 Å². The lowest BCUT2D eigenvalue weighted by atomic mass is 10.1. The summed E-state index contributed by atoms with van der Waals surface area (Å²) in [5.74, 6) is -0.216. The van der Waals surface area contributed by atoms with E-state index in [2.05, 4.69) is 20.2 Å². The number of aliphatic hydroxyl groups excluding tert-OH is 1. The van der Waals surface area contributed by atoms with Gasteiger partial charge in [0.2, 0.25) is 0 Å². The number of nitrogens with zero attached hydrogens (tertiary/aromatic N) is 5. The lowest BCUT2D eigenvalue weighted by Gasteiger charge is -2.33. The van der Waals surface area contributed by atoms with Gasteiger partial charge in [0.15, 0.2) is 0 Å². The topological polar surface area (TPSA) is 104 Å². The van der Waals surface area contributed by atoms with E-state index in [0.717, 1.165) is 31.7 Å². The first-order valence-electron chi connectivity index (χ1n) is 7.13. The molecule has 1 aliphatic rings. The predicted molar refractivity (Wildman–Crippen MR) is 77.6 cm³/mol. The van der Waals surface area contributed by atoms with Gasteiger partial charge in [-0.05, 0) is 25.0 Å². The molecule has 1 aliphatic heterocycles. The first-order chi connectivity index (χ1) is 10.7. The van der Waals surface area contributed by atoms with E-state index in [1.165, 1.54) is 6.20 Å². The minimum atomic E-state index is -0.977. The first kappa shape index (κ1) is 14.5. The number of aromatic nitrogens is 4. The number of hydrogen-bond donors (Lipinski definition) is 2. The zero-order valence-corrected chi connectivity index (χ0v) is 12.0. The molecular weight excluding hydrogens is 286 g/mol. The fourth-order valence-corrected chi connectivity index (χ4v) is 2.64. The van der Waals surface area contributed by atoms with Gasteiger partial charge < -0.3 is 15.1 Å². The van der Waals surface area contributed by atoms with Gasteiger partial charge in [-0.2, -0.15) is 0 Å². The van der Waals surface area contributed by atoms with Crippen molar-refractivity contribution in [2.75, 3.05) is 18.0 Å². The van der Waals surface area contributed by atoms with Crippen LogP contribution in [0.4, 0.5) is 5.82 Å². The number of rotatable bonds is 4. The van der Waals surface area contributed by atoms with Gasteiger partial charge in [-0.1, -0.05) is 5.21 Å². The molecule has 116 valence electrons. The summed E-state index contributed by atoms with van der Waals surface area (Å²) >= 11 is 0. The highest BCUT2D eigenvalue weighted by atomic mass is 16.4. The van der Waals surface area contributed by atoms with Crippen molar-refractivity contribution in [3.63, 3.8) is 0 Å². The molecule has 22 heavy (non-hydrogen) atoms. The van der Waals surface area contributed by atoms with Crippen LogP contribution < -0.4 is 4.90 Å². The van der Waals surface area contributed by atoms with Crippen LogP contribution in [0.3, 0.4) is 0 Å². The molecule has 1 saturated heterocycles. The second-order valence-electron chi connectivity index (χ2n) is 5.30. The Morgan fingerprint density at radius 3 is 2.91 bits per heavy atom. The van der Waals surface area contributed by atoms with Crippen LogP contribution in [0.5, 0.6) is 0 Å². The number of carboxylic acid groups (broad SMARTS) is 1. The van der Waals surface area contributed by atoms with Gasteiger partial charge in [0, 0.05) is 19.3 Å². The fourth-order valence-electron chi connectivity index (χ4n) is 2.64. The minimum absolute atomic E-state index is 0.116. The maximum absolute atomic E-state index is 10.9. The number of anilines is 1. The maximum atomic E-state index is 10.9. The maximum Gasteiger partial charge on any atom is 0.337 e. The molecule has 3 rings (SSSR count). The van der Waals surface area contributed by atoms with Crippen molar-refractivity contribution in [1.29, 1.82) is 0 Å². The number of piperidine rings is 1. The standard InChI is InChI=1S/C14H17N5O3/c20-9-11-7-19(17-16-11)12-2-1-5-18(8-12)13-4-3-10(6-15-13)14(21)22/h3-4,6-7,12,20H,1-2,5,8-9H2,(H,21,22). The van der Waals surface area contributed by atoms with Crippen LogP contribution in [0.2, 0.25) is 0 Å². The van der Waals surface area contributed by atoms with Crippen molar-refractivity contribution in [2.45, 2.75) is 25.5 Å². The van der Waals surface area contributed by atoms with E-state index in [9.17, 15) is 4.79 Å². The lowest BCUT2D eigenvalue weighted by Crippen LogP contribution is -2.37. The lowest BCUT2D eigenvalue weighted by molar-refractivity contribution is 0.0696. The Bertz CT molecular complexity index is 655. The fraction of sp³-hybridized carbons (Fsp3) is 0.429. The summed E-state index contributed by atoms with van der Waals surface area (Å²) in [5, 5.41) is 25.9. The van der Waals surface area contributed by atoms with E-state index < -0.39 is 5.97 Å². The van der Waals surface area contributed by atoms with Crippen molar-refractivity contribution < 1.29 is 15.0 Å². The summed E-state index contributed by atoms with van der Waals surface area (Å²) < 4.78 is 1.78. The van der Waals surface area contributed by atoms with E-state index in [1.807, 2.05) is 0 Å². The minimum Gasteiger partial charge on any atom is -0.478 e. The molecule has 2 N–H and O–H groups in total. The van der Waals surface area contributed by atoms with Gasteiger partial charge in [0.1, 0.15) is 11.5 Å². The zero-order chi connectivity index (χ0) is 15.5. The van der Waals surface area contributed by atoms with Crippen LogP contribution in [-0.4, -0.2) is 49.2 Å². The van der Waals surface area contributed by atoms with Gasteiger partial charge in [0.05, 0.1) is 24.4 Å². The summed E-state index contributed by atoms with van der Waals surface area (Å²) in [5.41, 5.74) is 0.738. The van der Waals surface area contributed by atoms with Crippen LogP contribution in [-0.2, 0) is 6.61 Å². The number of carboxylic acids is 1. The molecule has 0 aromatic carbocycles. The van der Waals surface area contributed by atoms with E-state index in [0.29, 0.717) is 5.69 Å². The summed E-state index contributed by atoms with van der Waals surface area (Å²) in [7, 11) is 0. The number of carbonyl (C=O) groups is 1. The molecule has 0 aliphatic carbocycles. The molecule has 0 amide bonds. The first-order valence-corrected chi connectivity index (χ1v) is 7.13. The van der Waals surface area contributed by atoms with Crippen molar-refractivity contribution >= 4 is 11.8 Å². The molecule has 1 unspecified atom stereocenters. The molecule has 3 heterocycles. The third-order valence-electron chi connectivity index (χ3n) is 3.81. The number of aliphatic hydroxyl groups is 1. The molecule has 8 heteroatoms. The largest absolute Gasteiger partial charge is 0.478 e. The second kappa shape index (κ2) is 6.10. The molecule has 1 fully saturated rings. The zero-order valence-electron chi connectivity index (χ0n) is 12.0. The van der Waals surface area contributed by atoms with E-state index in [-0.39, 0.29) is 18.2 Å². The molecule has 0 bridgehead atoms. The monoisotopic (exact) mass is 303 g/mol. The predicted octanol–water partition coefficient (Wildman–Crippen LogP) is 0.705. The van der Waals surface area contributed by atoms with Gasteiger partial charge in [-0.25, -0.2) is 14.5 Å². The third-order valence-corrected chi connectivity index (χ3v) is 3.81. The molecule has 8 nitrogen and oxygen atoms in total. The SMILES string of the molecule is O=C(O)c1ccc(N2CCCC(n3cc(CO)nn3)C2)nc1.